The van der Waals surface area contributed by atoms with Crippen LogP contribution in [-0.2, 0) is 9.53 Å². The molecule has 4 N–H and O–H groups in total. The molecule has 152 valence electrons. The fourth-order valence-corrected chi connectivity index (χ4v) is 3.36. The van der Waals surface area contributed by atoms with Gasteiger partial charge in [0.05, 0.1) is 11.3 Å². The fraction of sp³-hybridized carbons (Fsp3) is 0.353. The standard InChI is InChI=1S/C17H18ClN7O4/c1-19-14-9-15(24-13(23-14)7-3-8(18)5-21-4-7)25(6-22-9)17-11(27)10(26)12(29-17)16(28)20-2/h3-6,10-12,17,26-27H,1-2H3,(H,20,28)(H,19,23,24)/t10?,11?,12-,17?/m1/s1. The van der Waals surface area contributed by atoms with Crippen molar-refractivity contribution in [3.8, 4) is 11.4 Å². The van der Waals surface area contributed by atoms with Crippen LogP contribution in [0.5, 0.6) is 0 Å². The van der Waals surface area contributed by atoms with Crippen molar-refractivity contribution in [2.45, 2.75) is 24.5 Å². The number of halogens is 1. The molecule has 3 unspecified atom stereocenters. The maximum absolute atomic E-state index is 11.9. The molecule has 1 fully saturated rings. The number of aliphatic hydroxyl groups is 2. The van der Waals surface area contributed by atoms with E-state index in [2.05, 4.69) is 30.6 Å². The van der Waals surface area contributed by atoms with Crippen LogP contribution in [0.4, 0.5) is 5.82 Å². The second kappa shape index (κ2) is 7.52. The van der Waals surface area contributed by atoms with Crippen LogP contribution >= 0.6 is 11.6 Å². The summed E-state index contributed by atoms with van der Waals surface area (Å²) in [4.78, 5) is 29.3. The van der Waals surface area contributed by atoms with Crippen LogP contribution in [0, 0.1) is 0 Å². The number of hydrogen-bond donors (Lipinski definition) is 4. The third kappa shape index (κ3) is 3.27. The number of ether oxygens (including phenoxy) is 1. The molecule has 1 aliphatic heterocycles. The van der Waals surface area contributed by atoms with E-state index in [4.69, 9.17) is 16.3 Å². The zero-order valence-electron chi connectivity index (χ0n) is 15.4. The average molecular weight is 420 g/mol. The molecule has 11 nitrogen and oxygen atoms in total. The van der Waals surface area contributed by atoms with E-state index in [0.29, 0.717) is 33.4 Å². The molecule has 0 radical (unpaired) electrons. The Kier molecular flexibility index (Phi) is 5.04. The first-order valence-corrected chi connectivity index (χ1v) is 9.08. The van der Waals surface area contributed by atoms with Gasteiger partial charge in [-0.2, -0.15) is 0 Å². The third-order valence-electron chi connectivity index (χ3n) is 4.64. The van der Waals surface area contributed by atoms with Gasteiger partial charge in [0.15, 0.2) is 35.1 Å². The lowest BCUT2D eigenvalue weighted by atomic mass is 10.1. The van der Waals surface area contributed by atoms with Crippen molar-refractivity contribution in [2.75, 3.05) is 19.4 Å². The highest BCUT2D eigenvalue weighted by Crippen LogP contribution is 2.33. The van der Waals surface area contributed by atoms with Crippen LogP contribution in [0.2, 0.25) is 5.02 Å². The van der Waals surface area contributed by atoms with Crippen molar-refractivity contribution in [1.29, 1.82) is 0 Å². The lowest BCUT2D eigenvalue weighted by molar-refractivity contribution is -0.137. The second-order valence-corrected chi connectivity index (χ2v) is 6.84. The molecule has 29 heavy (non-hydrogen) atoms. The number of carbonyl (C=O) groups excluding carboxylic acids is 1. The lowest BCUT2D eigenvalue weighted by Gasteiger charge is -2.17. The predicted octanol–water partition coefficient (Wildman–Crippen LogP) is -0.0514. The van der Waals surface area contributed by atoms with Crippen molar-refractivity contribution in [3.05, 3.63) is 29.8 Å². The molecule has 0 aromatic carbocycles. The summed E-state index contributed by atoms with van der Waals surface area (Å²) in [6, 6.07) is 1.67. The minimum Gasteiger partial charge on any atom is -0.387 e. The molecule has 4 rings (SSSR count). The van der Waals surface area contributed by atoms with Gasteiger partial charge in [-0.3, -0.25) is 14.3 Å². The summed E-state index contributed by atoms with van der Waals surface area (Å²) in [5.74, 6) is 0.230. The van der Waals surface area contributed by atoms with E-state index in [0.717, 1.165) is 0 Å². The minimum atomic E-state index is -1.40. The highest BCUT2D eigenvalue weighted by Gasteiger charge is 2.47. The lowest BCUT2D eigenvalue weighted by Crippen LogP contribution is -2.41. The molecule has 4 heterocycles. The summed E-state index contributed by atoms with van der Waals surface area (Å²) >= 11 is 6.03. The van der Waals surface area contributed by atoms with E-state index < -0.39 is 30.4 Å². The van der Waals surface area contributed by atoms with Crippen molar-refractivity contribution in [2.24, 2.45) is 0 Å². The molecule has 0 bridgehead atoms. The fourth-order valence-electron chi connectivity index (χ4n) is 3.19. The summed E-state index contributed by atoms with van der Waals surface area (Å²) in [6.07, 6.45) is -0.581. The Hall–Kier alpha value is -2.86. The number of carbonyl (C=O) groups is 1. The van der Waals surface area contributed by atoms with Crippen LogP contribution in [0.15, 0.2) is 24.8 Å². The molecule has 1 saturated heterocycles. The summed E-state index contributed by atoms with van der Waals surface area (Å²) in [5, 5.41) is 26.5. The molecular weight excluding hydrogens is 402 g/mol. The average Bonchev–Trinajstić information content (AvgIpc) is 3.28. The van der Waals surface area contributed by atoms with E-state index >= 15 is 0 Å². The Morgan fingerprint density at radius 1 is 1.24 bits per heavy atom. The first-order valence-electron chi connectivity index (χ1n) is 8.71. The number of imidazole rings is 1. The van der Waals surface area contributed by atoms with Crippen molar-refractivity contribution < 1.29 is 19.7 Å². The molecule has 0 saturated carbocycles. The van der Waals surface area contributed by atoms with Crippen LogP contribution < -0.4 is 10.6 Å². The molecule has 3 aromatic heterocycles. The quantitative estimate of drug-likeness (QED) is 0.456. The van der Waals surface area contributed by atoms with Crippen LogP contribution in [0.25, 0.3) is 22.6 Å². The smallest absolute Gasteiger partial charge is 0.251 e. The van der Waals surface area contributed by atoms with Gasteiger partial charge in [-0.15, -0.1) is 0 Å². The maximum Gasteiger partial charge on any atom is 0.251 e. The first-order chi connectivity index (χ1) is 13.9. The molecule has 3 aromatic rings. The van der Waals surface area contributed by atoms with Gasteiger partial charge < -0.3 is 25.6 Å². The molecule has 1 amide bonds. The Balaban J connectivity index is 1.82. The number of likely N-dealkylation sites (N-methyl/N-ethyl adjacent to an activating group) is 1. The van der Waals surface area contributed by atoms with Gasteiger partial charge in [0.2, 0.25) is 0 Å². The van der Waals surface area contributed by atoms with E-state index in [1.807, 2.05) is 0 Å². The number of aliphatic hydroxyl groups excluding tert-OH is 2. The number of hydrogen-bond acceptors (Lipinski definition) is 9. The summed E-state index contributed by atoms with van der Waals surface area (Å²) in [6.45, 7) is 0. The van der Waals surface area contributed by atoms with Crippen LogP contribution in [-0.4, -0.2) is 73.0 Å². The van der Waals surface area contributed by atoms with E-state index in [-0.39, 0.29) is 0 Å². The Morgan fingerprint density at radius 3 is 2.72 bits per heavy atom. The number of fused-ring (bicyclic) bond motifs is 1. The highest BCUT2D eigenvalue weighted by atomic mass is 35.5. The SMILES string of the molecule is CNC(=O)[C@@H]1OC(n2cnc3c(NC)nc(-c4cncc(Cl)c4)nc32)C(O)C1O. The van der Waals surface area contributed by atoms with Crippen LogP contribution in [0.1, 0.15) is 6.23 Å². The minimum absolute atomic E-state index is 0.328. The summed E-state index contributed by atoms with van der Waals surface area (Å²) in [7, 11) is 3.11. The topological polar surface area (TPSA) is 147 Å². The second-order valence-electron chi connectivity index (χ2n) is 6.40. The van der Waals surface area contributed by atoms with E-state index in [1.165, 1.54) is 24.1 Å². The number of amides is 1. The molecular formula is C17H18ClN7O4. The number of anilines is 1. The van der Waals surface area contributed by atoms with Crippen molar-refractivity contribution >= 4 is 34.5 Å². The maximum atomic E-state index is 11.9. The normalized spacial score (nSPS) is 24.0. The number of aromatic nitrogens is 5. The van der Waals surface area contributed by atoms with Crippen LogP contribution in [0.3, 0.4) is 0 Å². The molecule has 0 aliphatic carbocycles. The Bertz CT molecular complexity index is 1080. The number of rotatable bonds is 4. The summed E-state index contributed by atoms with van der Waals surface area (Å²) < 4.78 is 7.08. The van der Waals surface area contributed by atoms with Gasteiger partial charge in [-0.1, -0.05) is 11.6 Å². The largest absolute Gasteiger partial charge is 0.387 e. The van der Waals surface area contributed by atoms with Gasteiger partial charge in [-0.05, 0) is 6.07 Å². The zero-order valence-corrected chi connectivity index (χ0v) is 16.2. The molecule has 0 spiro atoms. The predicted molar refractivity (Wildman–Crippen MR) is 103 cm³/mol. The molecule has 1 aliphatic rings. The molecule has 12 heteroatoms. The summed E-state index contributed by atoms with van der Waals surface area (Å²) in [5.41, 5.74) is 1.35. The van der Waals surface area contributed by atoms with Gasteiger partial charge >= 0.3 is 0 Å². The number of pyridine rings is 1. The third-order valence-corrected chi connectivity index (χ3v) is 4.85. The van der Waals surface area contributed by atoms with Gasteiger partial charge in [-0.25, -0.2) is 15.0 Å². The van der Waals surface area contributed by atoms with Gasteiger partial charge in [0.1, 0.15) is 12.2 Å². The monoisotopic (exact) mass is 419 g/mol. The highest BCUT2D eigenvalue weighted by molar-refractivity contribution is 6.30. The zero-order chi connectivity index (χ0) is 20.7. The molecule has 4 atom stereocenters. The van der Waals surface area contributed by atoms with Gasteiger partial charge in [0.25, 0.3) is 5.91 Å². The van der Waals surface area contributed by atoms with E-state index in [1.54, 1.807) is 19.3 Å². The Morgan fingerprint density at radius 2 is 2.03 bits per heavy atom. The number of nitrogens with one attached hydrogen (secondary N) is 2. The van der Waals surface area contributed by atoms with Crippen molar-refractivity contribution in [3.63, 3.8) is 0 Å². The van der Waals surface area contributed by atoms with Gasteiger partial charge in [0, 0.05) is 32.1 Å². The van der Waals surface area contributed by atoms with E-state index in [9.17, 15) is 15.0 Å². The Labute approximate surface area is 169 Å². The first kappa shape index (κ1) is 19.5. The number of nitrogens with zero attached hydrogens (tertiary/aromatic N) is 5. The van der Waals surface area contributed by atoms with Crippen molar-refractivity contribution in [1.82, 2.24) is 29.8 Å².